The number of anilines is 1. The van der Waals surface area contributed by atoms with E-state index in [1.807, 2.05) is 29.2 Å². The highest BCUT2D eigenvalue weighted by Gasteiger charge is 2.31. The van der Waals surface area contributed by atoms with Crippen molar-refractivity contribution in [1.82, 2.24) is 15.4 Å². The van der Waals surface area contributed by atoms with Crippen molar-refractivity contribution in [2.45, 2.75) is 12.7 Å². The number of piperazine rings is 1. The number of hydrogen-bond acceptors (Lipinski definition) is 7. The minimum Gasteiger partial charge on any atom is -0.486 e. The smallest absolute Gasteiger partial charge is 0.416 e. The van der Waals surface area contributed by atoms with Crippen molar-refractivity contribution in [3.05, 3.63) is 59.9 Å². The van der Waals surface area contributed by atoms with Gasteiger partial charge in [0.25, 0.3) is 0 Å². The van der Waals surface area contributed by atoms with Crippen LogP contribution in [0.2, 0.25) is 0 Å². The van der Waals surface area contributed by atoms with E-state index in [0.29, 0.717) is 44.3 Å². The van der Waals surface area contributed by atoms with Gasteiger partial charge in [0.2, 0.25) is 0 Å². The van der Waals surface area contributed by atoms with E-state index in [2.05, 4.69) is 15.4 Å². The van der Waals surface area contributed by atoms with E-state index >= 15 is 0 Å². The second-order valence-corrected chi connectivity index (χ2v) is 8.59. The molecule has 0 unspecified atom stereocenters. The number of benzene rings is 2. The lowest BCUT2D eigenvalue weighted by atomic mass is 10.1. The van der Waals surface area contributed by atoms with E-state index in [0.717, 1.165) is 55.0 Å². The van der Waals surface area contributed by atoms with Gasteiger partial charge in [-0.05, 0) is 36.4 Å². The third-order valence-corrected chi connectivity index (χ3v) is 6.21. The summed E-state index contributed by atoms with van der Waals surface area (Å²) < 4.78 is 55.6. The summed E-state index contributed by atoms with van der Waals surface area (Å²) in [6, 6.07) is 13.2. The second kappa shape index (κ2) is 10.2. The van der Waals surface area contributed by atoms with Crippen molar-refractivity contribution in [3.63, 3.8) is 0 Å². The summed E-state index contributed by atoms with van der Waals surface area (Å²) in [7, 11) is 0. The lowest BCUT2D eigenvalue weighted by Crippen LogP contribution is -2.48. The average molecular weight is 489 g/mol. The first-order chi connectivity index (χ1) is 17.0. The van der Waals surface area contributed by atoms with Gasteiger partial charge in [0.1, 0.15) is 18.9 Å². The molecule has 35 heavy (non-hydrogen) atoms. The van der Waals surface area contributed by atoms with Crippen LogP contribution in [0.15, 0.2) is 53.1 Å². The van der Waals surface area contributed by atoms with E-state index in [1.54, 1.807) is 6.07 Å². The first-order valence-corrected chi connectivity index (χ1v) is 11.7. The van der Waals surface area contributed by atoms with Crippen molar-refractivity contribution >= 4 is 5.69 Å². The standard InChI is InChI=1S/C25H27F3N4O3/c26-25(27,28)19-2-1-3-20(15-19)32-10-8-31(9-11-32)7-6-29-17-21-16-22(30-35-21)18-4-5-23-24(14-18)34-13-12-33-23/h1-5,14-16,29H,6-13,17H2. The summed E-state index contributed by atoms with van der Waals surface area (Å²) in [5.74, 6) is 2.19. The number of nitrogens with one attached hydrogen (secondary N) is 1. The summed E-state index contributed by atoms with van der Waals surface area (Å²) in [5, 5.41) is 7.54. The van der Waals surface area contributed by atoms with Crippen LogP contribution in [0.3, 0.4) is 0 Å². The van der Waals surface area contributed by atoms with E-state index in [9.17, 15) is 13.2 Å². The highest BCUT2D eigenvalue weighted by atomic mass is 19.4. The predicted octanol–water partition coefficient (Wildman–Crippen LogP) is 4.04. The molecule has 1 N–H and O–H groups in total. The Hall–Kier alpha value is -3.24. The zero-order valence-electron chi connectivity index (χ0n) is 19.2. The van der Waals surface area contributed by atoms with Gasteiger partial charge in [-0.1, -0.05) is 11.2 Å². The fourth-order valence-electron chi connectivity index (χ4n) is 4.29. The lowest BCUT2D eigenvalue weighted by Gasteiger charge is -2.36. The number of hydrogen-bond donors (Lipinski definition) is 1. The Bertz CT molecular complexity index is 1140. The van der Waals surface area contributed by atoms with Gasteiger partial charge in [-0.2, -0.15) is 13.2 Å². The molecule has 3 heterocycles. The van der Waals surface area contributed by atoms with Gasteiger partial charge in [0, 0.05) is 56.6 Å². The van der Waals surface area contributed by atoms with Crippen molar-refractivity contribution in [1.29, 1.82) is 0 Å². The van der Waals surface area contributed by atoms with Crippen LogP contribution in [0.1, 0.15) is 11.3 Å². The van der Waals surface area contributed by atoms with Crippen molar-refractivity contribution in [3.8, 4) is 22.8 Å². The fraction of sp³-hybridized carbons (Fsp3) is 0.400. The first kappa shape index (κ1) is 23.5. The molecule has 3 aromatic rings. The molecule has 10 heteroatoms. The topological polar surface area (TPSA) is 63.0 Å². The summed E-state index contributed by atoms with van der Waals surface area (Å²) in [6.45, 7) is 6.25. The Morgan fingerprint density at radius 2 is 1.71 bits per heavy atom. The van der Waals surface area contributed by atoms with Crippen LogP contribution in [-0.4, -0.2) is 62.5 Å². The summed E-state index contributed by atoms with van der Waals surface area (Å²) >= 11 is 0. The number of alkyl halides is 3. The summed E-state index contributed by atoms with van der Waals surface area (Å²) in [6.07, 6.45) is -4.32. The molecule has 0 amide bonds. The fourth-order valence-corrected chi connectivity index (χ4v) is 4.29. The molecule has 0 spiro atoms. The molecular formula is C25H27F3N4O3. The maximum absolute atomic E-state index is 13.0. The molecule has 0 radical (unpaired) electrons. The minimum atomic E-state index is -4.32. The molecule has 0 atom stereocenters. The number of ether oxygens (including phenoxy) is 2. The largest absolute Gasteiger partial charge is 0.486 e. The van der Waals surface area contributed by atoms with E-state index < -0.39 is 11.7 Å². The van der Waals surface area contributed by atoms with E-state index in [1.165, 1.54) is 12.1 Å². The molecule has 2 aromatic carbocycles. The highest BCUT2D eigenvalue weighted by molar-refractivity contribution is 5.64. The Kier molecular flexibility index (Phi) is 6.83. The van der Waals surface area contributed by atoms with Crippen LogP contribution < -0.4 is 19.7 Å². The Morgan fingerprint density at radius 3 is 2.51 bits per heavy atom. The van der Waals surface area contributed by atoms with E-state index in [4.69, 9.17) is 14.0 Å². The van der Waals surface area contributed by atoms with Crippen LogP contribution in [0.25, 0.3) is 11.3 Å². The summed E-state index contributed by atoms with van der Waals surface area (Å²) in [5.41, 5.74) is 1.66. The molecule has 0 bridgehead atoms. The third kappa shape index (κ3) is 5.71. The Balaban J connectivity index is 1.05. The second-order valence-electron chi connectivity index (χ2n) is 8.59. The molecule has 0 saturated carbocycles. The molecule has 7 nitrogen and oxygen atoms in total. The molecule has 1 aromatic heterocycles. The Morgan fingerprint density at radius 1 is 0.914 bits per heavy atom. The Labute approximate surface area is 201 Å². The van der Waals surface area contributed by atoms with Gasteiger partial charge in [0.15, 0.2) is 17.3 Å². The van der Waals surface area contributed by atoms with Gasteiger partial charge in [-0.15, -0.1) is 0 Å². The van der Waals surface area contributed by atoms with Crippen LogP contribution in [0.4, 0.5) is 18.9 Å². The molecule has 1 fully saturated rings. The van der Waals surface area contributed by atoms with E-state index in [-0.39, 0.29) is 0 Å². The SMILES string of the molecule is FC(F)(F)c1cccc(N2CCN(CCNCc3cc(-c4ccc5c(c4)OCCO5)no3)CC2)c1. The zero-order chi connectivity index (χ0) is 24.3. The number of nitrogens with zero attached hydrogens (tertiary/aromatic N) is 3. The van der Waals surface area contributed by atoms with Gasteiger partial charge in [0.05, 0.1) is 12.1 Å². The van der Waals surface area contributed by atoms with Crippen molar-refractivity contribution in [2.75, 3.05) is 57.4 Å². The monoisotopic (exact) mass is 488 g/mol. The number of rotatable bonds is 7. The molecule has 186 valence electrons. The van der Waals surface area contributed by atoms with Crippen LogP contribution in [0, 0.1) is 0 Å². The quantitative estimate of drug-likeness (QED) is 0.504. The number of fused-ring (bicyclic) bond motifs is 1. The van der Waals surface area contributed by atoms with Crippen molar-refractivity contribution in [2.24, 2.45) is 0 Å². The summed E-state index contributed by atoms with van der Waals surface area (Å²) in [4.78, 5) is 4.31. The molecule has 2 aliphatic heterocycles. The van der Waals surface area contributed by atoms with Gasteiger partial charge in [-0.3, -0.25) is 4.90 Å². The number of halogens is 3. The molecular weight excluding hydrogens is 461 g/mol. The molecule has 1 saturated heterocycles. The normalized spacial score (nSPS) is 16.5. The minimum absolute atomic E-state index is 0.532. The molecule has 5 rings (SSSR count). The third-order valence-electron chi connectivity index (χ3n) is 6.21. The average Bonchev–Trinajstić information content (AvgIpc) is 3.35. The maximum Gasteiger partial charge on any atom is 0.416 e. The van der Waals surface area contributed by atoms with Crippen molar-refractivity contribution < 1.29 is 27.2 Å². The van der Waals surface area contributed by atoms with Crippen LogP contribution in [0.5, 0.6) is 11.5 Å². The number of aromatic nitrogens is 1. The molecule has 0 aliphatic carbocycles. The first-order valence-electron chi connectivity index (χ1n) is 11.7. The predicted molar refractivity (Wildman–Crippen MR) is 125 cm³/mol. The zero-order valence-corrected chi connectivity index (χ0v) is 19.2. The van der Waals surface area contributed by atoms with Gasteiger partial charge in [-0.25, -0.2) is 0 Å². The van der Waals surface area contributed by atoms with Gasteiger partial charge < -0.3 is 24.2 Å². The molecule has 2 aliphatic rings. The van der Waals surface area contributed by atoms with Crippen LogP contribution >= 0.6 is 0 Å². The lowest BCUT2D eigenvalue weighted by molar-refractivity contribution is -0.137. The van der Waals surface area contributed by atoms with Gasteiger partial charge >= 0.3 is 6.18 Å². The maximum atomic E-state index is 13.0. The highest BCUT2D eigenvalue weighted by Crippen LogP contribution is 2.34. The van der Waals surface area contributed by atoms with Crippen LogP contribution in [-0.2, 0) is 12.7 Å².